The molecule has 0 amide bonds. The third kappa shape index (κ3) is 3.41. The molecular weight excluding hydrogens is 380 g/mol. The van der Waals surface area contributed by atoms with E-state index in [1.165, 1.54) is 44.9 Å². The number of hydrogen-bond acceptors (Lipinski definition) is 2. The van der Waals surface area contributed by atoms with Crippen molar-refractivity contribution in [3.63, 3.8) is 0 Å². The van der Waals surface area contributed by atoms with Gasteiger partial charge in [0.15, 0.2) is 5.78 Å². The Bertz CT molecular complexity index is 761. The van der Waals surface area contributed by atoms with Crippen molar-refractivity contribution in [2.45, 2.75) is 125 Å². The highest BCUT2D eigenvalue weighted by molar-refractivity contribution is 5.91. The molecule has 7 atom stereocenters. The van der Waals surface area contributed by atoms with Gasteiger partial charge in [0.25, 0.3) is 0 Å². The molecule has 2 saturated carbocycles. The molecule has 176 valence electrons. The van der Waals surface area contributed by atoms with E-state index in [1.807, 2.05) is 0 Å². The maximum atomic E-state index is 13.1. The van der Waals surface area contributed by atoms with Crippen LogP contribution in [0.5, 0.6) is 0 Å². The second-order valence-electron chi connectivity index (χ2n) is 13.3. The van der Waals surface area contributed by atoms with Gasteiger partial charge in [-0.3, -0.25) is 4.79 Å². The SMILES string of the molecule is CC(C)CCC[C@@H](C)[C@H]1CC[C@@]2(C)C3=C(CC[C@]12C)[C@@]1(C)CC[C@](C)(O)C(=O)[C@@H]1CC3. The van der Waals surface area contributed by atoms with Crippen molar-refractivity contribution in [1.29, 1.82) is 0 Å². The summed E-state index contributed by atoms with van der Waals surface area (Å²) in [5.41, 5.74) is 2.95. The highest BCUT2D eigenvalue weighted by atomic mass is 16.3. The Hall–Kier alpha value is -0.630. The van der Waals surface area contributed by atoms with Crippen LogP contribution in [0.2, 0.25) is 0 Å². The van der Waals surface area contributed by atoms with Crippen molar-refractivity contribution in [2.24, 2.45) is 39.9 Å². The number of carbonyl (C=O) groups is 1. The van der Waals surface area contributed by atoms with Crippen molar-refractivity contribution in [3.8, 4) is 0 Å². The van der Waals surface area contributed by atoms with Crippen LogP contribution in [-0.2, 0) is 4.79 Å². The second kappa shape index (κ2) is 7.71. The molecule has 4 aliphatic carbocycles. The summed E-state index contributed by atoms with van der Waals surface area (Å²) >= 11 is 0. The maximum Gasteiger partial charge on any atom is 0.167 e. The molecule has 0 bridgehead atoms. The van der Waals surface area contributed by atoms with Crippen molar-refractivity contribution in [3.05, 3.63) is 11.1 Å². The van der Waals surface area contributed by atoms with Crippen LogP contribution in [0.3, 0.4) is 0 Å². The van der Waals surface area contributed by atoms with Gasteiger partial charge in [0.05, 0.1) is 0 Å². The van der Waals surface area contributed by atoms with Crippen LogP contribution < -0.4 is 0 Å². The number of hydrogen-bond donors (Lipinski definition) is 1. The fraction of sp³-hybridized carbons (Fsp3) is 0.897. The monoisotopic (exact) mass is 428 g/mol. The van der Waals surface area contributed by atoms with Crippen molar-refractivity contribution in [1.82, 2.24) is 0 Å². The number of fused-ring (bicyclic) bond motifs is 4. The largest absolute Gasteiger partial charge is 0.382 e. The summed E-state index contributed by atoms with van der Waals surface area (Å²) in [5, 5.41) is 10.7. The van der Waals surface area contributed by atoms with E-state index in [0.717, 1.165) is 37.0 Å². The molecule has 31 heavy (non-hydrogen) atoms. The molecule has 1 N–H and O–H groups in total. The standard InChI is InChI=1S/C29H48O2/c1-19(2)9-8-10-20(3)21-13-15-28(6)23-11-12-24-25(30)29(7,31)18-17-26(24,4)22(23)14-16-27(21,28)5/h19-21,24,31H,8-18H2,1-7H3/t20-,21-,24+,26-,27-,28+,29+/m1/s1. The highest BCUT2D eigenvalue weighted by Gasteiger charge is 2.63. The average Bonchev–Trinajstić information content (AvgIpc) is 2.97. The molecule has 4 aliphatic rings. The smallest absolute Gasteiger partial charge is 0.167 e. The Morgan fingerprint density at radius 1 is 0.903 bits per heavy atom. The minimum absolute atomic E-state index is 0.0157. The van der Waals surface area contributed by atoms with Gasteiger partial charge in [0.1, 0.15) is 5.60 Å². The molecular formula is C29H48O2. The molecule has 0 spiro atoms. The van der Waals surface area contributed by atoms with Gasteiger partial charge in [-0.25, -0.2) is 0 Å². The maximum absolute atomic E-state index is 13.1. The molecule has 0 radical (unpaired) electrons. The lowest BCUT2D eigenvalue weighted by atomic mass is 9.45. The van der Waals surface area contributed by atoms with E-state index in [1.54, 1.807) is 18.1 Å². The van der Waals surface area contributed by atoms with Crippen LogP contribution in [0.15, 0.2) is 11.1 Å². The highest BCUT2D eigenvalue weighted by Crippen LogP contribution is 2.71. The molecule has 0 aliphatic heterocycles. The molecule has 0 aromatic carbocycles. The Balaban J connectivity index is 1.62. The second-order valence-corrected chi connectivity index (χ2v) is 13.3. The molecule has 0 aromatic rings. The van der Waals surface area contributed by atoms with Crippen LogP contribution in [0.25, 0.3) is 0 Å². The summed E-state index contributed by atoms with van der Waals surface area (Å²) in [6.07, 6.45) is 12.9. The van der Waals surface area contributed by atoms with E-state index in [4.69, 9.17) is 0 Å². The van der Waals surface area contributed by atoms with E-state index in [0.29, 0.717) is 17.3 Å². The number of rotatable bonds is 5. The molecule has 0 saturated heterocycles. The lowest BCUT2D eigenvalue weighted by molar-refractivity contribution is -0.152. The van der Waals surface area contributed by atoms with E-state index in [9.17, 15) is 9.90 Å². The minimum atomic E-state index is -1.11. The Morgan fingerprint density at radius 3 is 2.29 bits per heavy atom. The Labute approximate surface area is 191 Å². The summed E-state index contributed by atoms with van der Waals surface area (Å²) in [7, 11) is 0. The first-order valence-electron chi connectivity index (χ1n) is 13.4. The summed E-state index contributed by atoms with van der Waals surface area (Å²) in [5.74, 6) is 2.60. The normalized spacial score (nSPS) is 46.0. The number of allylic oxidation sites excluding steroid dienone is 2. The van der Waals surface area contributed by atoms with Gasteiger partial charge in [-0.1, -0.05) is 72.0 Å². The van der Waals surface area contributed by atoms with Gasteiger partial charge in [-0.05, 0) is 92.3 Å². The van der Waals surface area contributed by atoms with Gasteiger partial charge >= 0.3 is 0 Å². The summed E-state index contributed by atoms with van der Waals surface area (Å²) in [6.45, 7) is 16.6. The van der Waals surface area contributed by atoms with Crippen LogP contribution >= 0.6 is 0 Å². The molecule has 2 nitrogen and oxygen atoms in total. The van der Waals surface area contributed by atoms with Gasteiger partial charge in [0.2, 0.25) is 0 Å². The van der Waals surface area contributed by atoms with Crippen molar-refractivity contribution in [2.75, 3.05) is 0 Å². The number of aliphatic hydroxyl groups is 1. The average molecular weight is 429 g/mol. The zero-order valence-electron chi connectivity index (χ0n) is 21.4. The molecule has 0 unspecified atom stereocenters. The molecule has 0 aromatic heterocycles. The summed E-state index contributed by atoms with van der Waals surface area (Å²) in [6, 6.07) is 0. The van der Waals surface area contributed by atoms with Crippen LogP contribution in [0, 0.1) is 39.9 Å². The van der Waals surface area contributed by atoms with Crippen LogP contribution in [0.1, 0.15) is 119 Å². The van der Waals surface area contributed by atoms with E-state index >= 15 is 0 Å². The van der Waals surface area contributed by atoms with Gasteiger partial charge < -0.3 is 5.11 Å². The van der Waals surface area contributed by atoms with Crippen LogP contribution in [-0.4, -0.2) is 16.5 Å². The Morgan fingerprint density at radius 2 is 1.61 bits per heavy atom. The van der Waals surface area contributed by atoms with E-state index < -0.39 is 5.60 Å². The fourth-order valence-corrected chi connectivity index (χ4v) is 8.87. The van der Waals surface area contributed by atoms with E-state index in [2.05, 4.69) is 41.5 Å². The third-order valence-electron chi connectivity index (χ3n) is 11.2. The third-order valence-corrected chi connectivity index (χ3v) is 11.2. The van der Waals surface area contributed by atoms with Crippen molar-refractivity contribution < 1.29 is 9.90 Å². The zero-order chi connectivity index (χ0) is 22.8. The predicted octanol–water partition coefficient (Wildman–Crippen LogP) is 7.49. The van der Waals surface area contributed by atoms with Gasteiger partial charge in [-0.15, -0.1) is 0 Å². The molecule has 4 rings (SSSR count). The van der Waals surface area contributed by atoms with Crippen LogP contribution in [0.4, 0.5) is 0 Å². The number of Topliss-reactive ketones (excluding diaryl/α,β-unsaturated/α-hetero) is 1. The predicted molar refractivity (Wildman–Crippen MR) is 129 cm³/mol. The summed E-state index contributed by atoms with van der Waals surface area (Å²) < 4.78 is 0. The summed E-state index contributed by atoms with van der Waals surface area (Å²) in [4.78, 5) is 13.1. The topological polar surface area (TPSA) is 37.3 Å². The first-order valence-corrected chi connectivity index (χ1v) is 13.4. The lowest BCUT2D eigenvalue weighted by Crippen LogP contribution is -2.55. The van der Waals surface area contributed by atoms with E-state index in [-0.39, 0.29) is 17.1 Å². The van der Waals surface area contributed by atoms with Gasteiger partial charge in [0, 0.05) is 5.92 Å². The lowest BCUT2D eigenvalue weighted by Gasteiger charge is -2.59. The number of ketones is 1. The fourth-order valence-electron chi connectivity index (χ4n) is 8.87. The van der Waals surface area contributed by atoms with Crippen molar-refractivity contribution >= 4 is 5.78 Å². The number of carbonyl (C=O) groups excluding carboxylic acids is 1. The minimum Gasteiger partial charge on any atom is -0.382 e. The Kier molecular flexibility index (Phi) is 5.85. The first-order chi connectivity index (χ1) is 14.4. The molecule has 0 heterocycles. The zero-order valence-corrected chi connectivity index (χ0v) is 21.4. The molecule has 2 heteroatoms. The van der Waals surface area contributed by atoms with Gasteiger partial charge in [-0.2, -0.15) is 0 Å². The first kappa shape index (κ1) is 23.5. The quantitative estimate of drug-likeness (QED) is 0.460. The molecule has 2 fully saturated rings.